The molecule has 0 radical (unpaired) electrons. The molecule has 1 rings (SSSR count). The number of imidazole rings is 1. The molecule has 0 aromatic carbocycles. The number of alkyl halides is 2. The summed E-state index contributed by atoms with van der Waals surface area (Å²) in [6.45, 7) is -0.344. The maximum Gasteiger partial charge on any atom is 0.321 e. The molecule has 1 heterocycles. The Morgan fingerprint density at radius 1 is 1.48 bits per heavy atom. The van der Waals surface area contributed by atoms with Crippen LogP contribution in [0.1, 0.15) is 25.7 Å². The third kappa shape index (κ3) is 5.86. The van der Waals surface area contributed by atoms with Gasteiger partial charge in [-0.15, -0.1) is 0 Å². The van der Waals surface area contributed by atoms with Gasteiger partial charge in [-0.25, -0.2) is 9.78 Å². The van der Waals surface area contributed by atoms with E-state index in [1.807, 2.05) is 6.92 Å². The molecule has 1 aromatic rings. The number of amides is 3. The number of aromatic nitrogens is 2. The van der Waals surface area contributed by atoms with Crippen LogP contribution in [0.2, 0.25) is 0 Å². The van der Waals surface area contributed by atoms with E-state index >= 15 is 0 Å². The molecule has 0 saturated carbocycles. The summed E-state index contributed by atoms with van der Waals surface area (Å²) in [7, 11) is 1.58. The highest BCUT2D eigenvalue weighted by Gasteiger charge is 2.15. The number of nitrogens with zero attached hydrogens (tertiary/aromatic N) is 3. The molecule has 0 spiro atoms. The van der Waals surface area contributed by atoms with Gasteiger partial charge in [0.05, 0.1) is 13.1 Å². The number of hydrogen-bond acceptors (Lipinski definition) is 4. The second-order valence-electron chi connectivity index (χ2n) is 4.50. The topological polar surface area (TPSA) is 79.3 Å². The van der Waals surface area contributed by atoms with Gasteiger partial charge in [-0.2, -0.15) is 8.78 Å². The van der Waals surface area contributed by atoms with E-state index in [0.29, 0.717) is 6.54 Å². The molecule has 9 heteroatoms. The van der Waals surface area contributed by atoms with Gasteiger partial charge in [-0.05, 0) is 13.5 Å². The van der Waals surface area contributed by atoms with Crippen molar-refractivity contribution in [2.75, 3.05) is 20.1 Å². The fourth-order valence-electron chi connectivity index (χ4n) is 1.64. The largest absolute Gasteiger partial charge is 0.338 e. The van der Waals surface area contributed by atoms with Gasteiger partial charge < -0.3 is 5.32 Å². The highest BCUT2D eigenvalue weighted by molar-refractivity contribution is 5.95. The third-order valence-electron chi connectivity index (χ3n) is 2.57. The number of rotatable bonds is 7. The first-order chi connectivity index (χ1) is 9.93. The average Bonchev–Trinajstić information content (AvgIpc) is 2.83. The quantitative estimate of drug-likeness (QED) is 0.786. The number of hydrogen-bond donors (Lipinski definition) is 2. The van der Waals surface area contributed by atoms with Gasteiger partial charge in [0, 0.05) is 18.9 Å². The molecule has 7 nitrogen and oxygen atoms in total. The van der Waals surface area contributed by atoms with Crippen LogP contribution in [0.25, 0.3) is 0 Å². The molecule has 1 aromatic heterocycles. The van der Waals surface area contributed by atoms with E-state index in [4.69, 9.17) is 0 Å². The zero-order valence-electron chi connectivity index (χ0n) is 12.0. The van der Waals surface area contributed by atoms with Gasteiger partial charge in [0.15, 0.2) is 0 Å². The monoisotopic (exact) mass is 303 g/mol. The minimum Gasteiger partial charge on any atom is -0.338 e. The SMILES string of the molecule is CCCNC(=O)NC(=O)CN(C)Cc1nccn1C(F)F. The van der Waals surface area contributed by atoms with E-state index in [9.17, 15) is 18.4 Å². The number of likely N-dealkylation sites (N-methyl/N-ethyl adjacent to an activating group) is 1. The Bertz CT molecular complexity index is 478. The maximum atomic E-state index is 12.6. The highest BCUT2D eigenvalue weighted by atomic mass is 19.3. The van der Waals surface area contributed by atoms with Crippen LogP contribution in [-0.4, -0.2) is 46.5 Å². The molecule has 2 N–H and O–H groups in total. The Kier molecular flexibility index (Phi) is 6.73. The van der Waals surface area contributed by atoms with Crippen LogP contribution in [0, 0.1) is 0 Å². The summed E-state index contributed by atoms with van der Waals surface area (Å²) in [4.78, 5) is 28.2. The Morgan fingerprint density at radius 3 is 2.81 bits per heavy atom. The molecule has 118 valence electrons. The van der Waals surface area contributed by atoms with E-state index in [1.54, 1.807) is 7.05 Å². The third-order valence-corrected chi connectivity index (χ3v) is 2.57. The smallest absolute Gasteiger partial charge is 0.321 e. The first-order valence-corrected chi connectivity index (χ1v) is 6.50. The van der Waals surface area contributed by atoms with E-state index in [-0.39, 0.29) is 18.9 Å². The summed E-state index contributed by atoms with van der Waals surface area (Å²) in [6.07, 6.45) is 3.21. The number of carbonyl (C=O) groups is 2. The normalized spacial score (nSPS) is 11.0. The van der Waals surface area contributed by atoms with Crippen LogP contribution in [0.15, 0.2) is 12.4 Å². The molecule has 21 heavy (non-hydrogen) atoms. The van der Waals surface area contributed by atoms with Crippen molar-refractivity contribution in [1.82, 2.24) is 25.1 Å². The number of imide groups is 1. The van der Waals surface area contributed by atoms with Crippen LogP contribution in [0.3, 0.4) is 0 Å². The molecule has 0 aliphatic carbocycles. The van der Waals surface area contributed by atoms with Crippen molar-refractivity contribution in [3.63, 3.8) is 0 Å². The molecule has 0 bridgehead atoms. The van der Waals surface area contributed by atoms with Gasteiger partial charge in [0.2, 0.25) is 5.91 Å². The van der Waals surface area contributed by atoms with Gasteiger partial charge in [-0.3, -0.25) is 19.6 Å². The van der Waals surface area contributed by atoms with Crippen LogP contribution < -0.4 is 10.6 Å². The summed E-state index contributed by atoms with van der Waals surface area (Å²) in [6, 6.07) is -0.565. The molecule has 0 aliphatic heterocycles. The Hall–Kier alpha value is -2.03. The second kappa shape index (κ2) is 8.30. The standard InChI is InChI=1S/C12H19F2N5O2/c1-3-4-16-12(21)17-10(20)8-18(2)7-9-15-5-6-19(9)11(13)14/h5-6,11H,3-4,7-8H2,1-2H3,(H2,16,17,20,21). The van der Waals surface area contributed by atoms with Crippen LogP contribution in [-0.2, 0) is 11.3 Å². The maximum absolute atomic E-state index is 12.6. The van der Waals surface area contributed by atoms with Gasteiger partial charge >= 0.3 is 12.6 Å². The van der Waals surface area contributed by atoms with Crippen molar-refractivity contribution < 1.29 is 18.4 Å². The van der Waals surface area contributed by atoms with Crippen molar-refractivity contribution >= 4 is 11.9 Å². The molecule has 0 aliphatic rings. The number of halogens is 2. The molecule has 0 saturated heterocycles. The Labute approximate surface area is 121 Å². The zero-order chi connectivity index (χ0) is 15.8. The number of urea groups is 1. The zero-order valence-corrected chi connectivity index (χ0v) is 12.0. The minimum absolute atomic E-state index is 0.0708. The van der Waals surface area contributed by atoms with Crippen molar-refractivity contribution in [1.29, 1.82) is 0 Å². The fraction of sp³-hybridized carbons (Fsp3) is 0.583. The Morgan fingerprint density at radius 2 is 2.19 bits per heavy atom. The summed E-state index contributed by atoms with van der Waals surface area (Å²) in [5, 5.41) is 4.66. The summed E-state index contributed by atoms with van der Waals surface area (Å²) in [5.41, 5.74) is 0. The molecular weight excluding hydrogens is 284 g/mol. The number of carbonyl (C=O) groups excluding carboxylic acids is 2. The minimum atomic E-state index is -2.68. The lowest BCUT2D eigenvalue weighted by atomic mass is 10.4. The second-order valence-corrected chi connectivity index (χ2v) is 4.50. The number of nitrogens with one attached hydrogen (secondary N) is 2. The predicted octanol–water partition coefficient (Wildman–Crippen LogP) is 0.946. The first kappa shape index (κ1) is 17.0. The highest BCUT2D eigenvalue weighted by Crippen LogP contribution is 2.13. The molecule has 0 atom stereocenters. The van der Waals surface area contributed by atoms with Crippen molar-refractivity contribution in [2.24, 2.45) is 0 Å². The molecule has 0 unspecified atom stereocenters. The van der Waals surface area contributed by atoms with Crippen molar-refractivity contribution in [3.05, 3.63) is 18.2 Å². The fourth-order valence-corrected chi connectivity index (χ4v) is 1.64. The predicted molar refractivity (Wildman–Crippen MR) is 71.6 cm³/mol. The lowest BCUT2D eigenvalue weighted by molar-refractivity contribution is -0.121. The summed E-state index contributed by atoms with van der Waals surface area (Å²) < 4.78 is 26.0. The summed E-state index contributed by atoms with van der Waals surface area (Å²) in [5.74, 6) is -0.364. The van der Waals surface area contributed by atoms with Gasteiger partial charge in [-0.1, -0.05) is 6.92 Å². The van der Waals surface area contributed by atoms with E-state index in [0.717, 1.165) is 11.0 Å². The van der Waals surface area contributed by atoms with Crippen LogP contribution in [0.5, 0.6) is 0 Å². The van der Waals surface area contributed by atoms with Crippen LogP contribution >= 0.6 is 0 Å². The van der Waals surface area contributed by atoms with Crippen molar-refractivity contribution in [2.45, 2.75) is 26.4 Å². The van der Waals surface area contributed by atoms with E-state index in [1.165, 1.54) is 17.3 Å². The lowest BCUT2D eigenvalue weighted by Crippen LogP contribution is -2.43. The van der Waals surface area contributed by atoms with E-state index in [2.05, 4.69) is 15.6 Å². The lowest BCUT2D eigenvalue weighted by Gasteiger charge is -2.16. The summed E-state index contributed by atoms with van der Waals surface area (Å²) >= 11 is 0. The molecular formula is C12H19F2N5O2. The average molecular weight is 303 g/mol. The van der Waals surface area contributed by atoms with E-state index < -0.39 is 18.5 Å². The van der Waals surface area contributed by atoms with Gasteiger partial charge in [0.25, 0.3) is 0 Å². The Balaban J connectivity index is 2.42. The molecule has 3 amide bonds. The molecule has 0 fully saturated rings. The van der Waals surface area contributed by atoms with Crippen LogP contribution in [0.4, 0.5) is 13.6 Å². The first-order valence-electron chi connectivity index (χ1n) is 6.50. The van der Waals surface area contributed by atoms with Crippen molar-refractivity contribution in [3.8, 4) is 0 Å². The van der Waals surface area contributed by atoms with Gasteiger partial charge in [0.1, 0.15) is 5.82 Å².